The van der Waals surface area contributed by atoms with E-state index in [-0.39, 0.29) is 30.8 Å². The summed E-state index contributed by atoms with van der Waals surface area (Å²) in [6.45, 7) is 1.79. The molecule has 2 N–H and O–H groups in total. The van der Waals surface area contributed by atoms with Crippen molar-refractivity contribution in [2.45, 2.75) is 13.5 Å². The molecule has 5 nitrogen and oxygen atoms in total. The number of rotatable bonds is 7. The average molecular weight is 392 g/mol. The van der Waals surface area contributed by atoms with Gasteiger partial charge < -0.3 is 15.4 Å². The highest BCUT2D eigenvalue weighted by atomic mass is 19.1. The maximum absolute atomic E-state index is 13.3. The van der Waals surface area contributed by atoms with Gasteiger partial charge in [0, 0.05) is 23.9 Å². The van der Waals surface area contributed by atoms with E-state index >= 15 is 0 Å². The third kappa shape index (κ3) is 5.90. The molecule has 0 spiro atoms. The molecule has 0 fully saturated rings. The first-order chi connectivity index (χ1) is 14.0. The molecular formula is C23H21FN2O3. The molecule has 0 aromatic heterocycles. The van der Waals surface area contributed by atoms with Crippen LogP contribution in [0.5, 0.6) is 5.75 Å². The first kappa shape index (κ1) is 20.1. The number of ether oxygens (including phenoxy) is 1. The van der Waals surface area contributed by atoms with Crippen molar-refractivity contribution in [1.82, 2.24) is 5.32 Å². The predicted molar refractivity (Wildman–Crippen MR) is 109 cm³/mol. The molecule has 0 bridgehead atoms. The lowest BCUT2D eigenvalue weighted by molar-refractivity contribution is -0.123. The molecule has 0 radical (unpaired) electrons. The third-order valence-electron chi connectivity index (χ3n) is 4.21. The van der Waals surface area contributed by atoms with E-state index in [0.29, 0.717) is 22.6 Å². The Labute approximate surface area is 168 Å². The maximum atomic E-state index is 13.3. The smallest absolute Gasteiger partial charge is 0.258 e. The van der Waals surface area contributed by atoms with Crippen molar-refractivity contribution in [2.24, 2.45) is 0 Å². The number of halogens is 1. The van der Waals surface area contributed by atoms with Crippen molar-refractivity contribution in [2.75, 3.05) is 11.9 Å². The Kier molecular flexibility index (Phi) is 6.58. The number of carbonyl (C=O) groups is 2. The largest absolute Gasteiger partial charge is 0.484 e. The Hall–Kier alpha value is -3.67. The summed E-state index contributed by atoms with van der Waals surface area (Å²) in [5, 5.41) is 5.52. The lowest BCUT2D eigenvalue weighted by Gasteiger charge is -2.10. The van der Waals surface area contributed by atoms with E-state index in [1.165, 1.54) is 6.07 Å². The van der Waals surface area contributed by atoms with Crippen LogP contribution in [0.1, 0.15) is 21.5 Å². The van der Waals surface area contributed by atoms with Gasteiger partial charge in [0.15, 0.2) is 6.61 Å². The predicted octanol–water partition coefficient (Wildman–Crippen LogP) is 4.08. The summed E-state index contributed by atoms with van der Waals surface area (Å²) >= 11 is 0. The van der Waals surface area contributed by atoms with Crippen molar-refractivity contribution in [3.05, 3.63) is 95.3 Å². The second-order valence-corrected chi connectivity index (χ2v) is 6.50. The van der Waals surface area contributed by atoms with E-state index in [2.05, 4.69) is 10.6 Å². The van der Waals surface area contributed by atoms with Gasteiger partial charge in [-0.3, -0.25) is 9.59 Å². The van der Waals surface area contributed by atoms with Crippen molar-refractivity contribution < 1.29 is 18.7 Å². The van der Waals surface area contributed by atoms with Gasteiger partial charge in [-0.1, -0.05) is 36.4 Å². The van der Waals surface area contributed by atoms with E-state index < -0.39 is 0 Å². The van der Waals surface area contributed by atoms with E-state index in [1.807, 2.05) is 6.07 Å². The van der Waals surface area contributed by atoms with Crippen LogP contribution < -0.4 is 15.4 Å². The third-order valence-corrected chi connectivity index (χ3v) is 4.21. The number of anilines is 1. The first-order valence-electron chi connectivity index (χ1n) is 9.12. The number of hydrogen-bond acceptors (Lipinski definition) is 3. The Balaban J connectivity index is 1.50. The summed E-state index contributed by atoms with van der Waals surface area (Å²) < 4.78 is 18.8. The molecule has 29 heavy (non-hydrogen) atoms. The molecule has 0 saturated carbocycles. The molecule has 0 saturated heterocycles. The van der Waals surface area contributed by atoms with Gasteiger partial charge in [-0.15, -0.1) is 0 Å². The van der Waals surface area contributed by atoms with Gasteiger partial charge >= 0.3 is 0 Å². The van der Waals surface area contributed by atoms with Crippen LogP contribution in [0.2, 0.25) is 0 Å². The molecule has 0 aliphatic rings. The minimum Gasteiger partial charge on any atom is -0.484 e. The molecule has 0 atom stereocenters. The van der Waals surface area contributed by atoms with Gasteiger partial charge in [-0.05, 0) is 48.4 Å². The van der Waals surface area contributed by atoms with Gasteiger partial charge in [0.2, 0.25) is 0 Å². The van der Waals surface area contributed by atoms with Gasteiger partial charge in [-0.2, -0.15) is 0 Å². The standard InChI is InChI=1S/C23H21FN2O3/c1-16-12-17(10-11-21(16)24)14-25-22(27)15-29-20-9-5-8-19(13-20)26-23(28)18-6-3-2-4-7-18/h2-13H,14-15H2,1H3,(H,25,27)(H,26,28). The second kappa shape index (κ2) is 9.50. The molecule has 3 aromatic carbocycles. The zero-order valence-corrected chi connectivity index (χ0v) is 15.9. The van der Waals surface area contributed by atoms with Crippen molar-refractivity contribution in [3.63, 3.8) is 0 Å². The van der Waals surface area contributed by atoms with Crippen LogP contribution in [0.15, 0.2) is 72.8 Å². The minimum atomic E-state index is -0.300. The quantitative estimate of drug-likeness (QED) is 0.637. The zero-order valence-electron chi connectivity index (χ0n) is 15.9. The number of carbonyl (C=O) groups excluding carboxylic acids is 2. The zero-order chi connectivity index (χ0) is 20.6. The average Bonchev–Trinajstić information content (AvgIpc) is 2.74. The number of benzene rings is 3. The summed E-state index contributed by atoms with van der Waals surface area (Å²) in [5.74, 6) is -0.341. The highest BCUT2D eigenvalue weighted by Gasteiger charge is 2.07. The molecule has 3 rings (SSSR count). The minimum absolute atomic E-state index is 0.170. The summed E-state index contributed by atoms with van der Waals surface area (Å²) in [4.78, 5) is 24.2. The SMILES string of the molecule is Cc1cc(CNC(=O)COc2cccc(NC(=O)c3ccccc3)c2)ccc1F. The van der Waals surface area contributed by atoms with Gasteiger partial charge in [0.1, 0.15) is 11.6 Å². The number of nitrogens with one attached hydrogen (secondary N) is 2. The lowest BCUT2D eigenvalue weighted by atomic mass is 10.1. The molecule has 6 heteroatoms. The fourth-order valence-electron chi connectivity index (χ4n) is 2.67. The topological polar surface area (TPSA) is 67.4 Å². The molecule has 0 unspecified atom stereocenters. The Morgan fingerprint density at radius 2 is 1.76 bits per heavy atom. The van der Waals surface area contributed by atoms with Crippen molar-refractivity contribution >= 4 is 17.5 Å². The summed E-state index contributed by atoms with van der Waals surface area (Å²) in [5.41, 5.74) is 2.46. The summed E-state index contributed by atoms with van der Waals surface area (Å²) in [6.07, 6.45) is 0. The fourth-order valence-corrected chi connectivity index (χ4v) is 2.67. The second-order valence-electron chi connectivity index (χ2n) is 6.50. The van der Waals surface area contributed by atoms with E-state index in [0.717, 1.165) is 5.56 Å². The molecular weight excluding hydrogens is 371 g/mol. The summed E-state index contributed by atoms with van der Waals surface area (Å²) in [6, 6.07) is 20.4. The van der Waals surface area contributed by atoms with E-state index in [1.54, 1.807) is 67.6 Å². The Morgan fingerprint density at radius 3 is 2.52 bits per heavy atom. The summed E-state index contributed by atoms with van der Waals surface area (Å²) in [7, 11) is 0. The molecule has 3 aromatic rings. The van der Waals surface area contributed by atoms with Gasteiger partial charge in [-0.25, -0.2) is 4.39 Å². The van der Waals surface area contributed by atoms with Crippen LogP contribution in [0.4, 0.5) is 10.1 Å². The van der Waals surface area contributed by atoms with E-state index in [4.69, 9.17) is 4.74 Å². The fraction of sp³-hybridized carbons (Fsp3) is 0.130. The van der Waals surface area contributed by atoms with Crippen LogP contribution in [0.3, 0.4) is 0 Å². The van der Waals surface area contributed by atoms with Crippen LogP contribution in [0.25, 0.3) is 0 Å². The molecule has 0 heterocycles. The maximum Gasteiger partial charge on any atom is 0.258 e. The monoisotopic (exact) mass is 392 g/mol. The highest BCUT2D eigenvalue weighted by molar-refractivity contribution is 6.04. The Morgan fingerprint density at radius 1 is 0.966 bits per heavy atom. The van der Waals surface area contributed by atoms with Crippen molar-refractivity contribution in [1.29, 1.82) is 0 Å². The number of aryl methyl sites for hydroxylation is 1. The molecule has 2 amide bonds. The molecule has 148 valence electrons. The van der Waals surface area contributed by atoms with Crippen LogP contribution in [-0.2, 0) is 11.3 Å². The van der Waals surface area contributed by atoms with Gasteiger partial charge in [0.05, 0.1) is 0 Å². The number of amides is 2. The molecule has 0 aliphatic heterocycles. The van der Waals surface area contributed by atoms with E-state index in [9.17, 15) is 14.0 Å². The first-order valence-corrected chi connectivity index (χ1v) is 9.12. The van der Waals surface area contributed by atoms with Gasteiger partial charge in [0.25, 0.3) is 11.8 Å². The number of hydrogen-bond donors (Lipinski definition) is 2. The highest BCUT2D eigenvalue weighted by Crippen LogP contribution is 2.18. The molecule has 0 aliphatic carbocycles. The normalized spacial score (nSPS) is 10.3. The van der Waals surface area contributed by atoms with Crippen LogP contribution in [-0.4, -0.2) is 18.4 Å². The Bertz CT molecular complexity index is 1010. The lowest BCUT2D eigenvalue weighted by Crippen LogP contribution is -2.28. The van der Waals surface area contributed by atoms with Crippen molar-refractivity contribution in [3.8, 4) is 5.75 Å². The van der Waals surface area contributed by atoms with Crippen LogP contribution >= 0.6 is 0 Å². The van der Waals surface area contributed by atoms with Crippen LogP contribution in [0, 0.1) is 12.7 Å².